The van der Waals surface area contributed by atoms with Crippen molar-refractivity contribution in [2.45, 2.75) is 39.5 Å². The molecule has 2 heteroatoms. The Labute approximate surface area is 114 Å². The molecule has 0 aliphatic heterocycles. The average molecular weight is 256 g/mol. The molecule has 0 amide bonds. The van der Waals surface area contributed by atoms with E-state index in [0.29, 0.717) is 17.6 Å². The van der Waals surface area contributed by atoms with Gasteiger partial charge in [-0.05, 0) is 35.1 Å². The van der Waals surface area contributed by atoms with E-state index in [2.05, 4.69) is 45.9 Å². The molecule has 1 heterocycles. The first-order chi connectivity index (χ1) is 9.04. The van der Waals surface area contributed by atoms with Crippen LogP contribution < -0.4 is 0 Å². The van der Waals surface area contributed by atoms with Gasteiger partial charge in [0.1, 0.15) is 5.76 Å². The highest BCUT2D eigenvalue weighted by atomic mass is 16.3. The van der Waals surface area contributed by atoms with Crippen molar-refractivity contribution in [3.8, 4) is 11.3 Å². The molecular formula is C17H20O2. The van der Waals surface area contributed by atoms with Crippen LogP contribution in [-0.2, 0) is 0 Å². The summed E-state index contributed by atoms with van der Waals surface area (Å²) in [6.07, 6.45) is 0.747. The topological polar surface area (TPSA) is 30.2 Å². The molecule has 1 aromatic carbocycles. The van der Waals surface area contributed by atoms with Crippen molar-refractivity contribution in [3.63, 3.8) is 0 Å². The summed E-state index contributed by atoms with van der Waals surface area (Å²) in [6, 6.07) is 9.97. The summed E-state index contributed by atoms with van der Waals surface area (Å²) in [4.78, 5) is 10.8. The highest BCUT2D eigenvalue weighted by molar-refractivity contribution is 5.75. The maximum atomic E-state index is 10.8. The SMILES string of the molecule is CC(C)c1cccc(C(C)C)c1-c1ccc(C=O)o1. The zero-order valence-electron chi connectivity index (χ0n) is 11.9. The summed E-state index contributed by atoms with van der Waals surface area (Å²) < 4.78 is 5.63. The van der Waals surface area contributed by atoms with Gasteiger partial charge in [-0.2, -0.15) is 0 Å². The van der Waals surface area contributed by atoms with Gasteiger partial charge in [0.2, 0.25) is 0 Å². The third-order valence-electron chi connectivity index (χ3n) is 3.36. The van der Waals surface area contributed by atoms with Gasteiger partial charge in [-0.25, -0.2) is 0 Å². The van der Waals surface area contributed by atoms with Crippen molar-refractivity contribution in [2.24, 2.45) is 0 Å². The molecule has 0 saturated heterocycles. The first kappa shape index (κ1) is 13.6. The Morgan fingerprint density at radius 2 is 1.53 bits per heavy atom. The van der Waals surface area contributed by atoms with Crippen LogP contribution in [0.15, 0.2) is 34.7 Å². The Morgan fingerprint density at radius 3 is 1.95 bits per heavy atom. The standard InChI is InChI=1S/C17H20O2/c1-11(2)14-6-5-7-15(12(3)4)17(14)16-9-8-13(10-18)19-16/h5-12H,1-4H3. The molecule has 0 saturated carbocycles. The van der Waals surface area contributed by atoms with Crippen molar-refractivity contribution in [2.75, 3.05) is 0 Å². The molecule has 0 atom stereocenters. The summed E-state index contributed by atoms with van der Waals surface area (Å²) in [5, 5.41) is 0. The molecule has 0 unspecified atom stereocenters. The minimum absolute atomic E-state index is 0.378. The molecule has 2 nitrogen and oxygen atoms in total. The van der Waals surface area contributed by atoms with Gasteiger partial charge in [0.25, 0.3) is 0 Å². The Kier molecular flexibility index (Phi) is 3.89. The summed E-state index contributed by atoms with van der Waals surface area (Å²) >= 11 is 0. The van der Waals surface area contributed by atoms with E-state index in [9.17, 15) is 4.79 Å². The monoisotopic (exact) mass is 256 g/mol. The first-order valence-electron chi connectivity index (χ1n) is 6.72. The lowest BCUT2D eigenvalue weighted by molar-refractivity contribution is 0.110. The van der Waals surface area contributed by atoms with Crippen molar-refractivity contribution >= 4 is 6.29 Å². The molecule has 100 valence electrons. The molecule has 19 heavy (non-hydrogen) atoms. The zero-order chi connectivity index (χ0) is 14.0. The maximum absolute atomic E-state index is 10.8. The minimum atomic E-state index is 0.378. The molecule has 2 aromatic rings. The Balaban J connectivity index is 2.67. The molecule has 0 radical (unpaired) electrons. The second-order valence-electron chi connectivity index (χ2n) is 5.44. The van der Waals surface area contributed by atoms with Gasteiger partial charge >= 0.3 is 0 Å². The number of furan rings is 1. The smallest absolute Gasteiger partial charge is 0.185 e. The normalized spacial score (nSPS) is 11.3. The van der Waals surface area contributed by atoms with E-state index in [1.807, 2.05) is 6.07 Å². The lowest BCUT2D eigenvalue weighted by atomic mass is 9.87. The van der Waals surface area contributed by atoms with Gasteiger partial charge in [-0.3, -0.25) is 4.79 Å². The van der Waals surface area contributed by atoms with Crippen LogP contribution in [0.1, 0.15) is 61.2 Å². The quantitative estimate of drug-likeness (QED) is 0.720. The molecule has 1 aromatic heterocycles. The Bertz CT molecular complexity index is 550. The van der Waals surface area contributed by atoms with Crippen LogP contribution in [0, 0.1) is 0 Å². The number of aldehydes is 1. The second kappa shape index (κ2) is 5.43. The summed E-state index contributed by atoms with van der Waals surface area (Å²) in [5.41, 5.74) is 3.66. The van der Waals surface area contributed by atoms with Crippen LogP contribution in [0.3, 0.4) is 0 Å². The van der Waals surface area contributed by atoms with E-state index >= 15 is 0 Å². The minimum Gasteiger partial charge on any atom is -0.453 e. The van der Waals surface area contributed by atoms with E-state index < -0.39 is 0 Å². The third-order valence-corrected chi connectivity index (χ3v) is 3.36. The van der Waals surface area contributed by atoms with E-state index in [1.165, 1.54) is 11.1 Å². The molecule has 0 fully saturated rings. The predicted molar refractivity (Wildman–Crippen MR) is 77.7 cm³/mol. The van der Waals surface area contributed by atoms with Crippen LogP contribution >= 0.6 is 0 Å². The molecule has 2 rings (SSSR count). The summed E-state index contributed by atoms with van der Waals surface area (Å²) in [6.45, 7) is 8.69. The predicted octanol–water partition coefficient (Wildman–Crippen LogP) is 5.01. The highest BCUT2D eigenvalue weighted by Gasteiger charge is 2.17. The summed E-state index contributed by atoms with van der Waals surface area (Å²) in [7, 11) is 0. The molecule has 0 aliphatic rings. The van der Waals surface area contributed by atoms with Gasteiger partial charge in [0.15, 0.2) is 12.0 Å². The van der Waals surface area contributed by atoms with E-state index in [0.717, 1.165) is 17.6 Å². The van der Waals surface area contributed by atoms with Crippen molar-refractivity contribution < 1.29 is 9.21 Å². The molecule has 0 N–H and O–H groups in total. The number of carbonyl (C=O) groups is 1. The van der Waals surface area contributed by atoms with Crippen molar-refractivity contribution in [1.29, 1.82) is 0 Å². The average Bonchev–Trinajstić information content (AvgIpc) is 2.86. The number of hydrogen-bond donors (Lipinski definition) is 0. The Morgan fingerprint density at radius 1 is 0.947 bits per heavy atom. The highest BCUT2D eigenvalue weighted by Crippen LogP contribution is 2.36. The zero-order valence-corrected chi connectivity index (χ0v) is 11.9. The van der Waals surface area contributed by atoms with Crippen molar-refractivity contribution in [1.82, 2.24) is 0 Å². The van der Waals surface area contributed by atoms with E-state index in [4.69, 9.17) is 4.42 Å². The largest absolute Gasteiger partial charge is 0.453 e. The fraction of sp³-hybridized carbons (Fsp3) is 0.353. The van der Waals surface area contributed by atoms with Gasteiger partial charge in [-0.15, -0.1) is 0 Å². The fourth-order valence-electron chi connectivity index (χ4n) is 2.39. The van der Waals surface area contributed by atoms with Crippen LogP contribution in [0.25, 0.3) is 11.3 Å². The first-order valence-corrected chi connectivity index (χ1v) is 6.72. The number of hydrogen-bond acceptors (Lipinski definition) is 2. The van der Waals surface area contributed by atoms with Gasteiger partial charge in [0.05, 0.1) is 0 Å². The fourth-order valence-corrected chi connectivity index (χ4v) is 2.39. The summed E-state index contributed by atoms with van der Waals surface area (Å²) in [5.74, 6) is 2.00. The van der Waals surface area contributed by atoms with E-state index in [-0.39, 0.29) is 0 Å². The lowest BCUT2D eigenvalue weighted by Gasteiger charge is -2.17. The Hall–Kier alpha value is -1.83. The third kappa shape index (κ3) is 2.62. The second-order valence-corrected chi connectivity index (χ2v) is 5.44. The number of carbonyl (C=O) groups excluding carboxylic acids is 1. The lowest BCUT2D eigenvalue weighted by Crippen LogP contribution is -1.99. The van der Waals surface area contributed by atoms with Gasteiger partial charge < -0.3 is 4.42 Å². The van der Waals surface area contributed by atoms with Crippen LogP contribution in [0.4, 0.5) is 0 Å². The van der Waals surface area contributed by atoms with Crippen LogP contribution in [0.5, 0.6) is 0 Å². The molecule has 0 spiro atoms. The van der Waals surface area contributed by atoms with Gasteiger partial charge in [0, 0.05) is 5.56 Å². The number of rotatable bonds is 4. The van der Waals surface area contributed by atoms with E-state index in [1.54, 1.807) is 6.07 Å². The van der Waals surface area contributed by atoms with Gasteiger partial charge in [-0.1, -0.05) is 45.9 Å². The van der Waals surface area contributed by atoms with Crippen LogP contribution in [0.2, 0.25) is 0 Å². The van der Waals surface area contributed by atoms with Crippen molar-refractivity contribution in [3.05, 3.63) is 47.2 Å². The van der Waals surface area contributed by atoms with Crippen LogP contribution in [-0.4, -0.2) is 6.29 Å². The molecular weight excluding hydrogens is 236 g/mol. The maximum Gasteiger partial charge on any atom is 0.185 e. The number of benzene rings is 1. The molecule has 0 bridgehead atoms. The molecule has 0 aliphatic carbocycles.